The van der Waals surface area contributed by atoms with Crippen LogP contribution < -0.4 is 19.7 Å². The molecule has 1 aliphatic heterocycles. The van der Waals surface area contributed by atoms with Crippen molar-refractivity contribution in [1.82, 2.24) is 9.97 Å². The Kier molecular flexibility index (Phi) is 6.99. The average molecular weight is 415 g/mol. The molecule has 0 spiro atoms. The van der Waals surface area contributed by atoms with Crippen molar-refractivity contribution in [3.63, 3.8) is 0 Å². The summed E-state index contributed by atoms with van der Waals surface area (Å²) in [6.07, 6.45) is 2.62. The fourth-order valence-electron chi connectivity index (χ4n) is 3.38. The maximum Gasteiger partial charge on any atom is 0.309 e. The van der Waals surface area contributed by atoms with Crippen LogP contribution in [-0.2, 0) is 9.53 Å². The van der Waals surface area contributed by atoms with Gasteiger partial charge in [0, 0.05) is 37.0 Å². The van der Waals surface area contributed by atoms with Gasteiger partial charge in [-0.2, -0.15) is 0 Å². The Hall–Kier alpha value is -3.43. The SMILES string of the molecule is CCOC(=O)C1CCN(c2ncnc(Nc3cc(OC)cc(OC)c3)c2N=O)CC1. The molecule has 0 radical (unpaired) electrons. The van der Waals surface area contributed by atoms with E-state index in [0.29, 0.717) is 55.5 Å². The summed E-state index contributed by atoms with van der Waals surface area (Å²) in [5, 5.41) is 6.27. The van der Waals surface area contributed by atoms with Crippen molar-refractivity contribution in [3.05, 3.63) is 29.4 Å². The largest absolute Gasteiger partial charge is 0.497 e. The number of nitrogens with zero attached hydrogens (tertiary/aromatic N) is 4. The van der Waals surface area contributed by atoms with E-state index < -0.39 is 0 Å². The topological polar surface area (TPSA) is 115 Å². The molecule has 0 saturated carbocycles. The normalized spacial score (nSPS) is 14.2. The zero-order chi connectivity index (χ0) is 21.5. The molecule has 30 heavy (non-hydrogen) atoms. The highest BCUT2D eigenvalue weighted by Crippen LogP contribution is 2.37. The van der Waals surface area contributed by atoms with E-state index in [1.165, 1.54) is 6.33 Å². The lowest BCUT2D eigenvalue weighted by Gasteiger charge is -2.32. The van der Waals surface area contributed by atoms with Gasteiger partial charge < -0.3 is 24.4 Å². The molecule has 1 aromatic carbocycles. The van der Waals surface area contributed by atoms with Crippen LogP contribution in [0.3, 0.4) is 0 Å². The molecule has 3 rings (SSSR count). The summed E-state index contributed by atoms with van der Waals surface area (Å²) in [7, 11) is 3.11. The maximum atomic E-state index is 12.0. The van der Waals surface area contributed by atoms with Crippen molar-refractivity contribution >= 4 is 29.0 Å². The quantitative estimate of drug-likeness (QED) is 0.511. The first-order chi connectivity index (χ1) is 14.6. The van der Waals surface area contributed by atoms with Crippen molar-refractivity contribution in [1.29, 1.82) is 0 Å². The van der Waals surface area contributed by atoms with Crippen LogP contribution in [-0.4, -0.2) is 49.9 Å². The number of hydrogen-bond acceptors (Lipinski definition) is 10. The van der Waals surface area contributed by atoms with Crippen LogP contribution >= 0.6 is 0 Å². The number of ether oxygens (including phenoxy) is 3. The molecule has 10 heteroatoms. The molecule has 1 N–H and O–H groups in total. The maximum absolute atomic E-state index is 12.0. The van der Waals surface area contributed by atoms with Gasteiger partial charge in [0.2, 0.25) is 0 Å². The summed E-state index contributed by atoms with van der Waals surface area (Å²) in [5.41, 5.74) is 0.732. The second kappa shape index (κ2) is 9.86. The smallest absolute Gasteiger partial charge is 0.309 e. The van der Waals surface area contributed by atoms with E-state index >= 15 is 0 Å². The number of carbonyl (C=O) groups excluding carboxylic acids is 1. The van der Waals surface area contributed by atoms with Gasteiger partial charge >= 0.3 is 5.97 Å². The number of aromatic nitrogens is 2. The summed E-state index contributed by atoms with van der Waals surface area (Å²) in [6, 6.07) is 5.25. The molecule has 0 bridgehead atoms. The van der Waals surface area contributed by atoms with Crippen molar-refractivity contribution in [3.8, 4) is 11.5 Å². The fraction of sp³-hybridized carbons (Fsp3) is 0.450. The summed E-state index contributed by atoms with van der Waals surface area (Å²) in [6.45, 7) is 3.29. The summed E-state index contributed by atoms with van der Waals surface area (Å²) >= 11 is 0. The van der Waals surface area contributed by atoms with Gasteiger partial charge in [0.25, 0.3) is 0 Å². The number of piperidine rings is 1. The van der Waals surface area contributed by atoms with Crippen molar-refractivity contribution in [2.24, 2.45) is 11.1 Å². The number of nitroso groups, excluding NO2 is 1. The molecule has 1 saturated heterocycles. The number of carbonyl (C=O) groups is 1. The molecule has 0 amide bonds. The molecule has 2 aromatic rings. The Labute approximate surface area is 174 Å². The molecule has 160 valence electrons. The monoisotopic (exact) mass is 415 g/mol. The number of esters is 1. The van der Waals surface area contributed by atoms with Gasteiger partial charge in [0.05, 0.1) is 26.7 Å². The number of benzene rings is 1. The number of anilines is 3. The predicted molar refractivity (Wildman–Crippen MR) is 112 cm³/mol. The van der Waals surface area contributed by atoms with Gasteiger partial charge in [-0.05, 0) is 24.9 Å². The Morgan fingerprint density at radius 1 is 1.17 bits per heavy atom. The Morgan fingerprint density at radius 3 is 2.40 bits per heavy atom. The van der Waals surface area contributed by atoms with Crippen LogP contribution in [0.2, 0.25) is 0 Å². The highest BCUT2D eigenvalue weighted by Gasteiger charge is 2.28. The molecule has 0 aliphatic carbocycles. The highest BCUT2D eigenvalue weighted by molar-refractivity contribution is 5.79. The Bertz CT molecular complexity index is 877. The lowest BCUT2D eigenvalue weighted by Crippen LogP contribution is -2.37. The molecule has 0 atom stereocenters. The number of methoxy groups -OCH3 is 2. The van der Waals surface area contributed by atoms with E-state index in [-0.39, 0.29) is 23.4 Å². The molecule has 1 fully saturated rings. The van der Waals surface area contributed by atoms with Gasteiger partial charge in [-0.25, -0.2) is 9.97 Å². The number of rotatable bonds is 8. The lowest BCUT2D eigenvalue weighted by molar-refractivity contribution is -0.148. The summed E-state index contributed by atoms with van der Waals surface area (Å²) in [4.78, 5) is 34.0. The zero-order valence-electron chi connectivity index (χ0n) is 17.3. The molecule has 0 unspecified atom stereocenters. The Balaban J connectivity index is 1.81. The van der Waals surface area contributed by atoms with E-state index in [9.17, 15) is 9.70 Å². The standard InChI is InChI=1S/C20H25N5O5/c1-4-30-20(26)13-5-7-25(8-6-13)19-17(24-27)18(21-12-22-19)23-14-9-15(28-2)11-16(10-14)29-3/h9-13H,4-8H2,1-3H3,(H,21,22,23). The second-order valence-electron chi connectivity index (χ2n) is 6.73. The first kappa shape index (κ1) is 21.3. The van der Waals surface area contributed by atoms with Crippen molar-refractivity contribution in [2.45, 2.75) is 19.8 Å². The van der Waals surface area contributed by atoms with E-state index in [0.717, 1.165) is 0 Å². The molecule has 1 aromatic heterocycles. The third kappa shape index (κ3) is 4.76. The van der Waals surface area contributed by atoms with Gasteiger partial charge in [-0.15, -0.1) is 4.91 Å². The zero-order valence-corrected chi connectivity index (χ0v) is 17.3. The average Bonchev–Trinajstić information content (AvgIpc) is 2.78. The third-order valence-electron chi connectivity index (χ3n) is 4.92. The van der Waals surface area contributed by atoms with Crippen LogP contribution in [0.1, 0.15) is 19.8 Å². The first-order valence-electron chi connectivity index (χ1n) is 9.69. The third-order valence-corrected chi connectivity index (χ3v) is 4.92. The van der Waals surface area contributed by atoms with E-state index in [1.807, 2.05) is 4.90 Å². The number of hydrogen-bond donors (Lipinski definition) is 1. The van der Waals surface area contributed by atoms with Gasteiger partial charge in [-0.3, -0.25) is 4.79 Å². The van der Waals surface area contributed by atoms with Crippen LogP contribution in [0.25, 0.3) is 0 Å². The van der Waals surface area contributed by atoms with E-state index in [2.05, 4.69) is 20.5 Å². The molecule has 10 nitrogen and oxygen atoms in total. The minimum atomic E-state index is -0.178. The van der Waals surface area contributed by atoms with Crippen molar-refractivity contribution < 1.29 is 19.0 Å². The fourth-order valence-corrected chi connectivity index (χ4v) is 3.38. The lowest BCUT2D eigenvalue weighted by atomic mass is 9.97. The van der Waals surface area contributed by atoms with Gasteiger partial charge in [0.15, 0.2) is 17.3 Å². The predicted octanol–water partition coefficient (Wildman–Crippen LogP) is 3.41. The molecule has 2 heterocycles. The van der Waals surface area contributed by atoms with Gasteiger partial charge in [0.1, 0.15) is 17.8 Å². The van der Waals surface area contributed by atoms with Crippen LogP contribution in [0.15, 0.2) is 29.7 Å². The van der Waals surface area contributed by atoms with Crippen LogP contribution in [0.5, 0.6) is 11.5 Å². The highest BCUT2D eigenvalue weighted by atomic mass is 16.5. The minimum Gasteiger partial charge on any atom is -0.497 e. The van der Waals surface area contributed by atoms with Crippen LogP contribution in [0.4, 0.5) is 23.0 Å². The first-order valence-corrected chi connectivity index (χ1v) is 9.69. The Morgan fingerprint density at radius 2 is 1.83 bits per heavy atom. The molecular formula is C20H25N5O5. The summed E-state index contributed by atoms with van der Waals surface area (Å²) in [5.74, 6) is 1.57. The summed E-state index contributed by atoms with van der Waals surface area (Å²) < 4.78 is 15.7. The van der Waals surface area contributed by atoms with Crippen LogP contribution in [0, 0.1) is 10.8 Å². The second-order valence-corrected chi connectivity index (χ2v) is 6.73. The molecular weight excluding hydrogens is 390 g/mol. The van der Waals surface area contributed by atoms with Crippen molar-refractivity contribution in [2.75, 3.05) is 44.1 Å². The van der Waals surface area contributed by atoms with E-state index in [4.69, 9.17) is 14.2 Å². The van der Waals surface area contributed by atoms with E-state index in [1.54, 1.807) is 39.3 Å². The minimum absolute atomic E-state index is 0.105. The molecule has 1 aliphatic rings. The van der Waals surface area contributed by atoms with Gasteiger partial charge in [-0.1, -0.05) is 0 Å². The number of nitrogens with one attached hydrogen (secondary N) is 1.